The summed E-state index contributed by atoms with van der Waals surface area (Å²) in [5.74, 6) is 0.607. The number of carbonyl (C=O) groups excluding carboxylic acids is 1. The number of carbonyl (C=O) groups is 1. The van der Waals surface area contributed by atoms with Crippen LogP contribution in [0.25, 0.3) is 0 Å². The molecule has 1 N–H and O–H groups in total. The van der Waals surface area contributed by atoms with Gasteiger partial charge in [-0.2, -0.15) is 0 Å². The van der Waals surface area contributed by atoms with Crippen LogP contribution in [0.1, 0.15) is 19.4 Å². The van der Waals surface area contributed by atoms with Gasteiger partial charge in [0.05, 0.1) is 17.5 Å². The number of benzene rings is 2. The molecule has 0 aromatic heterocycles. The molecule has 0 unspecified atom stereocenters. The van der Waals surface area contributed by atoms with Crippen molar-refractivity contribution in [1.29, 1.82) is 0 Å². The Hall–Kier alpha value is -2.42. The molecule has 2 aromatic rings. The molecule has 2 rings (SSSR count). The third kappa shape index (κ3) is 6.03. The van der Waals surface area contributed by atoms with E-state index >= 15 is 0 Å². The van der Waals surface area contributed by atoms with Crippen LogP contribution in [0.3, 0.4) is 0 Å². The minimum atomic E-state index is -3.56. The van der Waals surface area contributed by atoms with Crippen molar-refractivity contribution in [3.8, 4) is 5.75 Å². The molecular weight excluding hydrogens is 390 g/mol. The first-order valence-electron chi connectivity index (χ1n) is 9.40. The molecule has 8 heteroatoms. The minimum absolute atomic E-state index is 0.135. The Bertz CT molecular complexity index is 927. The predicted octanol–water partition coefficient (Wildman–Crippen LogP) is 2.79. The monoisotopic (exact) mass is 419 g/mol. The van der Waals surface area contributed by atoms with Gasteiger partial charge in [-0.1, -0.05) is 18.2 Å². The van der Waals surface area contributed by atoms with Crippen LogP contribution in [0.5, 0.6) is 5.75 Å². The molecule has 29 heavy (non-hydrogen) atoms. The summed E-state index contributed by atoms with van der Waals surface area (Å²) in [6.07, 6.45) is 0. The Morgan fingerprint density at radius 3 is 2.34 bits per heavy atom. The average molecular weight is 420 g/mol. The van der Waals surface area contributed by atoms with Crippen LogP contribution in [0, 0.1) is 0 Å². The fraction of sp³-hybridized carbons (Fsp3) is 0.381. The first-order chi connectivity index (χ1) is 13.6. The highest BCUT2D eigenvalue weighted by Crippen LogP contribution is 2.19. The number of nitrogens with one attached hydrogen (secondary N) is 1. The zero-order valence-corrected chi connectivity index (χ0v) is 18.4. The Morgan fingerprint density at radius 2 is 1.76 bits per heavy atom. The van der Waals surface area contributed by atoms with Crippen LogP contribution in [0.4, 0.5) is 5.69 Å². The first-order valence-corrected chi connectivity index (χ1v) is 10.8. The number of rotatable bonds is 9. The zero-order valence-electron chi connectivity index (χ0n) is 17.5. The lowest BCUT2D eigenvalue weighted by molar-refractivity contribution is -0.120. The van der Waals surface area contributed by atoms with Gasteiger partial charge in [0.2, 0.25) is 15.9 Å². The summed E-state index contributed by atoms with van der Waals surface area (Å²) in [5.41, 5.74) is 1.51. The smallest absolute Gasteiger partial charge is 0.242 e. The Morgan fingerprint density at radius 1 is 1.10 bits per heavy atom. The maximum atomic E-state index is 12.6. The highest BCUT2D eigenvalue weighted by molar-refractivity contribution is 7.89. The second-order valence-corrected chi connectivity index (χ2v) is 9.12. The van der Waals surface area contributed by atoms with Crippen molar-refractivity contribution < 1.29 is 17.9 Å². The van der Waals surface area contributed by atoms with E-state index in [0.29, 0.717) is 18.8 Å². The van der Waals surface area contributed by atoms with Crippen LogP contribution in [-0.4, -0.2) is 57.3 Å². The average Bonchev–Trinajstić information content (AvgIpc) is 2.69. The number of ether oxygens (including phenoxy) is 1. The highest BCUT2D eigenvalue weighted by atomic mass is 32.2. The molecule has 0 heterocycles. The van der Waals surface area contributed by atoms with Crippen molar-refractivity contribution >= 4 is 21.6 Å². The summed E-state index contributed by atoms with van der Waals surface area (Å²) in [4.78, 5) is 14.7. The number of amides is 1. The summed E-state index contributed by atoms with van der Waals surface area (Å²) in [6.45, 7) is 4.96. The molecule has 0 spiro atoms. The molecular formula is C21H29N3O4S. The summed E-state index contributed by atoms with van der Waals surface area (Å²) in [7, 11) is 1.25. The Kier molecular flexibility index (Phi) is 7.78. The quantitative estimate of drug-likeness (QED) is 0.676. The van der Waals surface area contributed by atoms with Crippen molar-refractivity contribution in [2.24, 2.45) is 0 Å². The van der Waals surface area contributed by atoms with Crippen molar-refractivity contribution in [3.05, 3.63) is 54.1 Å². The largest absolute Gasteiger partial charge is 0.494 e. The normalized spacial score (nSPS) is 12.8. The van der Waals surface area contributed by atoms with E-state index in [2.05, 4.69) is 5.32 Å². The molecule has 1 atom stereocenters. The number of sulfonamides is 1. The molecule has 0 fully saturated rings. The van der Waals surface area contributed by atoms with Crippen LogP contribution in [0.15, 0.2) is 53.4 Å². The maximum absolute atomic E-state index is 12.6. The molecule has 158 valence electrons. The number of likely N-dealkylation sites (N-methyl/N-ethyl adjacent to an activating group) is 1. The van der Waals surface area contributed by atoms with E-state index in [9.17, 15) is 13.2 Å². The third-order valence-corrected chi connectivity index (χ3v) is 6.40. The van der Waals surface area contributed by atoms with Gasteiger partial charge in [0.1, 0.15) is 5.75 Å². The van der Waals surface area contributed by atoms with Crippen LogP contribution in [-0.2, 0) is 21.4 Å². The van der Waals surface area contributed by atoms with Gasteiger partial charge in [-0.25, -0.2) is 12.7 Å². The third-order valence-electron chi connectivity index (χ3n) is 4.59. The second kappa shape index (κ2) is 9.87. The number of hydrogen-bond acceptors (Lipinski definition) is 5. The van der Waals surface area contributed by atoms with Gasteiger partial charge in [-0.3, -0.25) is 9.69 Å². The van der Waals surface area contributed by atoms with Crippen molar-refractivity contribution in [3.63, 3.8) is 0 Å². The van der Waals surface area contributed by atoms with E-state index < -0.39 is 16.1 Å². The fourth-order valence-electron chi connectivity index (χ4n) is 2.67. The lowest BCUT2D eigenvalue weighted by Gasteiger charge is -2.24. The lowest BCUT2D eigenvalue weighted by atomic mass is 10.1. The summed E-state index contributed by atoms with van der Waals surface area (Å²) in [5, 5.41) is 2.80. The summed E-state index contributed by atoms with van der Waals surface area (Å²) >= 11 is 0. The standard InChI is InChI=1S/C21H29N3O4S/c1-6-28-19-12-10-17(11-13-19)15-24(5)16(2)21(25)22-18-8-7-9-20(14-18)29(26,27)23(3)4/h7-14,16H,6,15H2,1-5H3,(H,22,25)/t16-/m0/s1. The van der Waals surface area contributed by atoms with Crippen molar-refractivity contribution in [2.75, 3.05) is 33.1 Å². The molecule has 2 aromatic carbocycles. The molecule has 0 aliphatic heterocycles. The van der Waals surface area contributed by atoms with Gasteiger partial charge in [-0.05, 0) is 56.8 Å². The second-order valence-electron chi connectivity index (χ2n) is 6.97. The van der Waals surface area contributed by atoms with E-state index in [0.717, 1.165) is 15.6 Å². The Balaban J connectivity index is 2.03. The van der Waals surface area contributed by atoms with E-state index in [4.69, 9.17) is 4.74 Å². The number of hydrogen-bond donors (Lipinski definition) is 1. The van der Waals surface area contributed by atoms with Gasteiger partial charge < -0.3 is 10.1 Å². The maximum Gasteiger partial charge on any atom is 0.242 e. The predicted molar refractivity (Wildman–Crippen MR) is 114 cm³/mol. The molecule has 0 bridgehead atoms. The summed E-state index contributed by atoms with van der Waals surface area (Å²) < 4.78 is 31.1. The van der Waals surface area contributed by atoms with Gasteiger partial charge in [0, 0.05) is 26.3 Å². The van der Waals surface area contributed by atoms with Crippen molar-refractivity contribution in [2.45, 2.75) is 31.3 Å². The minimum Gasteiger partial charge on any atom is -0.494 e. The molecule has 0 saturated carbocycles. The van der Waals surface area contributed by atoms with Crippen LogP contribution in [0.2, 0.25) is 0 Å². The van der Waals surface area contributed by atoms with E-state index in [1.165, 1.54) is 26.2 Å². The van der Waals surface area contributed by atoms with E-state index in [-0.39, 0.29) is 10.8 Å². The van der Waals surface area contributed by atoms with Gasteiger partial charge in [0.25, 0.3) is 0 Å². The highest BCUT2D eigenvalue weighted by Gasteiger charge is 2.20. The molecule has 0 radical (unpaired) electrons. The summed E-state index contributed by atoms with van der Waals surface area (Å²) in [6, 6.07) is 13.6. The van der Waals surface area contributed by atoms with E-state index in [1.54, 1.807) is 12.1 Å². The van der Waals surface area contributed by atoms with Crippen LogP contribution >= 0.6 is 0 Å². The van der Waals surface area contributed by atoms with Gasteiger partial charge in [-0.15, -0.1) is 0 Å². The molecule has 1 amide bonds. The van der Waals surface area contributed by atoms with Gasteiger partial charge >= 0.3 is 0 Å². The lowest BCUT2D eigenvalue weighted by Crippen LogP contribution is -2.39. The zero-order chi connectivity index (χ0) is 21.6. The van der Waals surface area contributed by atoms with Gasteiger partial charge in [0.15, 0.2) is 0 Å². The molecule has 7 nitrogen and oxygen atoms in total. The topological polar surface area (TPSA) is 79.0 Å². The SMILES string of the molecule is CCOc1ccc(CN(C)[C@@H](C)C(=O)Nc2cccc(S(=O)(=O)N(C)C)c2)cc1. The van der Waals surface area contributed by atoms with Crippen LogP contribution < -0.4 is 10.1 Å². The van der Waals surface area contributed by atoms with E-state index in [1.807, 2.05) is 50.1 Å². The molecule has 0 aliphatic rings. The number of nitrogens with zero attached hydrogens (tertiary/aromatic N) is 2. The Labute approximate surface area is 173 Å². The first kappa shape index (κ1) is 22.9. The molecule has 0 saturated heterocycles. The fourth-order valence-corrected chi connectivity index (χ4v) is 3.62. The molecule has 0 aliphatic carbocycles. The number of anilines is 1. The van der Waals surface area contributed by atoms with Crippen molar-refractivity contribution in [1.82, 2.24) is 9.21 Å².